The van der Waals surface area contributed by atoms with Crippen molar-refractivity contribution in [3.63, 3.8) is 0 Å². The number of Topliss-reactive ketones (excluding diaryl/α,β-unsaturated/α-hetero) is 1. The van der Waals surface area contributed by atoms with Crippen LogP contribution in [0.1, 0.15) is 42.3 Å². The number of carbonyl (C=O) groups excluding carboxylic acids is 2. The summed E-state index contributed by atoms with van der Waals surface area (Å²) in [6, 6.07) is 14.7. The summed E-state index contributed by atoms with van der Waals surface area (Å²) in [7, 11) is 3.24. The van der Waals surface area contributed by atoms with Gasteiger partial charge in [-0.2, -0.15) is 0 Å². The third-order valence-electron chi connectivity index (χ3n) is 4.13. The van der Waals surface area contributed by atoms with Crippen LogP contribution in [-0.4, -0.2) is 30.7 Å². The Balaban J connectivity index is 2.06. The predicted molar refractivity (Wildman–Crippen MR) is 98.9 cm³/mol. The van der Waals surface area contributed by atoms with E-state index in [4.69, 9.17) is 4.74 Å². The summed E-state index contributed by atoms with van der Waals surface area (Å²) in [5.74, 6) is -0.247. The smallest absolute Gasteiger partial charge is 0.294 e. The van der Waals surface area contributed by atoms with Gasteiger partial charge in [0.2, 0.25) is 5.78 Å². The van der Waals surface area contributed by atoms with Gasteiger partial charge in [0.05, 0.1) is 7.11 Å². The fraction of sp³-hybridized carbons (Fsp3) is 0.333. The molecule has 1 amide bonds. The highest BCUT2D eigenvalue weighted by molar-refractivity contribution is 6.42. The van der Waals surface area contributed by atoms with Gasteiger partial charge in [-0.05, 0) is 28.7 Å². The Morgan fingerprint density at radius 1 is 0.960 bits per heavy atom. The molecule has 2 rings (SSSR count). The number of nitrogens with zero attached hydrogens (tertiary/aromatic N) is 1. The first-order valence-electron chi connectivity index (χ1n) is 8.25. The van der Waals surface area contributed by atoms with Crippen molar-refractivity contribution in [3.8, 4) is 5.75 Å². The minimum absolute atomic E-state index is 0.0107. The highest BCUT2D eigenvalue weighted by Gasteiger charge is 2.21. The van der Waals surface area contributed by atoms with Gasteiger partial charge in [0.25, 0.3) is 5.91 Å². The van der Waals surface area contributed by atoms with E-state index >= 15 is 0 Å². The molecule has 0 aromatic heterocycles. The SMILES string of the molecule is COc1ccc(CN(C)C(=O)C(=O)c2ccc(C(C)(C)C)cc2)cc1. The topological polar surface area (TPSA) is 46.6 Å². The molecule has 0 saturated heterocycles. The lowest BCUT2D eigenvalue weighted by Gasteiger charge is -2.19. The van der Waals surface area contributed by atoms with Crippen LogP contribution in [0.25, 0.3) is 0 Å². The van der Waals surface area contributed by atoms with Crippen molar-refractivity contribution in [1.82, 2.24) is 4.90 Å². The molecule has 4 heteroatoms. The molecule has 0 radical (unpaired) electrons. The predicted octanol–water partition coefficient (Wildman–Crippen LogP) is 3.83. The molecule has 0 aliphatic rings. The van der Waals surface area contributed by atoms with E-state index in [2.05, 4.69) is 20.8 Å². The van der Waals surface area contributed by atoms with Gasteiger partial charge in [0.15, 0.2) is 0 Å². The van der Waals surface area contributed by atoms with E-state index in [0.717, 1.165) is 16.9 Å². The van der Waals surface area contributed by atoms with Crippen molar-refractivity contribution in [2.45, 2.75) is 32.7 Å². The van der Waals surface area contributed by atoms with Crippen LogP contribution in [0, 0.1) is 0 Å². The number of amides is 1. The molecule has 0 aliphatic carbocycles. The number of ether oxygens (including phenoxy) is 1. The van der Waals surface area contributed by atoms with Crippen LogP contribution in [0.15, 0.2) is 48.5 Å². The van der Waals surface area contributed by atoms with Crippen LogP contribution in [0.4, 0.5) is 0 Å². The minimum atomic E-state index is -0.515. The number of hydrogen-bond donors (Lipinski definition) is 0. The first kappa shape index (κ1) is 18.7. The summed E-state index contributed by atoms with van der Waals surface area (Å²) in [5.41, 5.74) is 2.49. The fourth-order valence-electron chi connectivity index (χ4n) is 2.50. The molecule has 2 aromatic carbocycles. The molecule has 0 spiro atoms. The largest absolute Gasteiger partial charge is 0.497 e. The van der Waals surface area contributed by atoms with E-state index in [1.165, 1.54) is 4.90 Å². The monoisotopic (exact) mass is 339 g/mol. The first-order valence-corrected chi connectivity index (χ1v) is 8.25. The van der Waals surface area contributed by atoms with Gasteiger partial charge in [-0.25, -0.2) is 0 Å². The first-order chi connectivity index (χ1) is 11.7. The number of benzene rings is 2. The third kappa shape index (κ3) is 4.69. The van der Waals surface area contributed by atoms with Gasteiger partial charge in [-0.15, -0.1) is 0 Å². The number of rotatable bonds is 5. The highest BCUT2D eigenvalue weighted by atomic mass is 16.5. The van der Waals surface area contributed by atoms with Crippen molar-refractivity contribution in [3.05, 3.63) is 65.2 Å². The molecule has 0 fully saturated rings. The minimum Gasteiger partial charge on any atom is -0.497 e. The Bertz CT molecular complexity index is 740. The van der Waals surface area contributed by atoms with Crippen molar-refractivity contribution in [2.75, 3.05) is 14.2 Å². The third-order valence-corrected chi connectivity index (χ3v) is 4.13. The summed E-state index contributed by atoms with van der Waals surface area (Å²) in [6.45, 7) is 6.70. The highest BCUT2D eigenvalue weighted by Crippen LogP contribution is 2.22. The second-order valence-electron chi connectivity index (χ2n) is 7.17. The lowest BCUT2D eigenvalue weighted by molar-refractivity contribution is -0.125. The molecule has 0 bridgehead atoms. The number of hydrogen-bond acceptors (Lipinski definition) is 3. The number of methoxy groups -OCH3 is 1. The molecule has 0 atom stereocenters. The Labute approximate surface area is 149 Å². The maximum atomic E-state index is 12.4. The maximum absolute atomic E-state index is 12.4. The van der Waals surface area contributed by atoms with E-state index in [0.29, 0.717) is 12.1 Å². The van der Waals surface area contributed by atoms with Gasteiger partial charge in [-0.1, -0.05) is 57.2 Å². The molecular formula is C21H25NO3. The van der Waals surface area contributed by atoms with Gasteiger partial charge >= 0.3 is 0 Å². The summed E-state index contributed by atoms with van der Waals surface area (Å²) >= 11 is 0. The Hall–Kier alpha value is -2.62. The van der Waals surface area contributed by atoms with Crippen LogP contribution < -0.4 is 4.74 Å². The number of ketones is 1. The molecule has 4 nitrogen and oxygen atoms in total. The Morgan fingerprint density at radius 2 is 1.52 bits per heavy atom. The molecule has 0 N–H and O–H groups in total. The molecule has 25 heavy (non-hydrogen) atoms. The molecule has 0 saturated carbocycles. The number of carbonyl (C=O) groups is 2. The van der Waals surface area contributed by atoms with E-state index in [-0.39, 0.29) is 5.41 Å². The Morgan fingerprint density at radius 3 is 2.00 bits per heavy atom. The zero-order valence-electron chi connectivity index (χ0n) is 15.5. The van der Waals surface area contributed by atoms with Gasteiger partial charge in [0, 0.05) is 19.2 Å². The summed E-state index contributed by atoms with van der Waals surface area (Å²) < 4.78 is 5.12. The lowest BCUT2D eigenvalue weighted by Crippen LogP contribution is -2.32. The molecular weight excluding hydrogens is 314 g/mol. The van der Waals surface area contributed by atoms with Gasteiger partial charge in [-0.3, -0.25) is 9.59 Å². The van der Waals surface area contributed by atoms with Crippen LogP contribution >= 0.6 is 0 Å². The second-order valence-corrected chi connectivity index (χ2v) is 7.17. The van der Waals surface area contributed by atoms with Gasteiger partial charge < -0.3 is 9.64 Å². The van der Waals surface area contributed by atoms with E-state index in [1.807, 2.05) is 36.4 Å². The zero-order valence-corrected chi connectivity index (χ0v) is 15.5. The maximum Gasteiger partial charge on any atom is 0.294 e. The van der Waals surface area contributed by atoms with E-state index in [1.54, 1.807) is 26.3 Å². The summed E-state index contributed by atoms with van der Waals surface area (Å²) in [4.78, 5) is 26.3. The quantitative estimate of drug-likeness (QED) is 0.614. The molecule has 0 heterocycles. The van der Waals surface area contributed by atoms with Crippen molar-refractivity contribution < 1.29 is 14.3 Å². The summed E-state index contributed by atoms with van der Waals surface area (Å²) in [6.07, 6.45) is 0. The zero-order chi connectivity index (χ0) is 18.6. The van der Waals surface area contributed by atoms with Gasteiger partial charge in [0.1, 0.15) is 5.75 Å². The fourth-order valence-corrected chi connectivity index (χ4v) is 2.50. The standard InChI is InChI=1S/C21H25NO3/c1-21(2,3)17-10-8-16(9-11-17)19(23)20(24)22(4)14-15-6-12-18(25-5)13-7-15/h6-13H,14H2,1-5H3. The molecule has 0 unspecified atom stereocenters. The van der Waals surface area contributed by atoms with Crippen LogP contribution in [0.2, 0.25) is 0 Å². The molecule has 0 aliphatic heterocycles. The Kier molecular flexibility index (Phi) is 5.62. The van der Waals surface area contributed by atoms with E-state index < -0.39 is 11.7 Å². The van der Waals surface area contributed by atoms with Crippen molar-refractivity contribution >= 4 is 11.7 Å². The lowest BCUT2D eigenvalue weighted by atomic mass is 9.86. The second kappa shape index (κ2) is 7.51. The van der Waals surface area contributed by atoms with Crippen LogP contribution in [-0.2, 0) is 16.8 Å². The van der Waals surface area contributed by atoms with Crippen molar-refractivity contribution in [2.24, 2.45) is 0 Å². The normalized spacial score (nSPS) is 11.1. The van der Waals surface area contributed by atoms with E-state index in [9.17, 15) is 9.59 Å². The average molecular weight is 339 g/mol. The van der Waals surface area contributed by atoms with Crippen molar-refractivity contribution in [1.29, 1.82) is 0 Å². The average Bonchev–Trinajstić information content (AvgIpc) is 2.60. The summed E-state index contributed by atoms with van der Waals surface area (Å²) in [5, 5.41) is 0. The van der Waals surface area contributed by atoms with Crippen LogP contribution in [0.3, 0.4) is 0 Å². The number of likely N-dealkylation sites (N-methyl/N-ethyl adjacent to an activating group) is 1. The van der Waals surface area contributed by atoms with Crippen LogP contribution in [0.5, 0.6) is 5.75 Å². The molecule has 2 aromatic rings. The molecule has 132 valence electrons.